The summed E-state index contributed by atoms with van der Waals surface area (Å²) in [5.41, 5.74) is 5.51. The number of carboxylic acids is 1. The summed E-state index contributed by atoms with van der Waals surface area (Å²) in [5.74, 6) is -1.45. The van der Waals surface area contributed by atoms with Crippen LogP contribution in [0.25, 0.3) is 22.0 Å². The van der Waals surface area contributed by atoms with E-state index in [1.54, 1.807) is 6.92 Å². The number of rotatable bonds is 10. The maximum Gasteiger partial charge on any atom is 0.306 e. The summed E-state index contributed by atoms with van der Waals surface area (Å²) >= 11 is 0. The molecule has 0 saturated carbocycles. The van der Waals surface area contributed by atoms with E-state index >= 15 is 0 Å². The Morgan fingerprint density at radius 2 is 1.59 bits per heavy atom. The predicted molar refractivity (Wildman–Crippen MR) is 136 cm³/mol. The molecule has 0 spiro atoms. The summed E-state index contributed by atoms with van der Waals surface area (Å²) in [4.78, 5) is 27.5. The fourth-order valence-electron chi connectivity index (χ4n) is 4.36. The first-order valence-electron chi connectivity index (χ1n) is 11.7. The Labute approximate surface area is 199 Å². The number of aromatic nitrogens is 1. The van der Waals surface area contributed by atoms with E-state index in [1.165, 1.54) is 0 Å². The van der Waals surface area contributed by atoms with Crippen molar-refractivity contribution in [2.24, 2.45) is 5.92 Å². The molecule has 0 saturated heterocycles. The van der Waals surface area contributed by atoms with Crippen LogP contribution >= 0.6 is 0 Å². The highest BCUT2D eigenvalue weighted by molar-refractivity contribution is 5.84. The molecular formula is C29H30N2O3. The normalized spacial score (nSPS) is 12.9. The highest BCUT2D eigenvalue weighted by atomic mass is 16.4. The Hall–Kier alpha value is -3.86. The first-order chi connectivity index (χ1) is 16.5. The summed E-state index contributed by atoms with van der Waals surface area (Å²) in [7, 11) is 0. The third-order valence-electron chi connectivity index (χ3n) is 6.26. The van der Waals surface area contributed by atoms with E-state index in [9.17, 15) is 14.7 Å². The van der Waals surface area contributed by atoms with E-state index in [1.807, 2.05) is 42.6 Å². The molecule has 0 aliphatic heterocycles. The van der Waals surface area contributed by atoms with E-state index in [-0.39, 0.29) is 11.9 Å². The third-order valence-corrected chi connectivity index (χ3v) is 6.26. The fraction of sp³-hybridized carbons (Fsp3) is 0.241. The van der Waals surface area contributed by atoms with E-state index < -0.39 is 11.9 Å². The summed E-state index contributed by atoms with van der Waals surface area (Å²) in [6.07, 6.45) is 3.91. The van der Waals surface area contributed by atoms with Crippen LogP contribution in [0.5, 0.6) is 0 Å². The maximum atomic E-state index is 12.8. The molecule has 4 aromatic rings. The van der Waals surface area contributed by atoms with Crippen LogP contribution in [0.1, 0.15) is 30.9 Å². The predicted octanol–water partition coefficient (Wildman–Crippen LogP) is 5.61. The molecule has 174 valence electrons. The number of hydrogen-bond donors (Lipinski definition) is 3. The fourth-order valence-corrected chi connectivity index (χ4v) is 4.36. The van der Waals surface area contributed by atoms with E-state index in [0.29, 0.717) is 25.7 Å². The molecule has 0 fully saturated rings. The van der Waals surface area contributed by atoms with Crippen LogP contribution < -0.4 is 5.32 Å². The number of carboxylic acid groups (broad SMARTS) is 1. The molecule has 1 heterocycles. The lowest BCUT2D eigenvalue weighted by atomic mass is 9.94. The SMILES string of the molecule is C[C@H](CC(Cc1ccc(-c2ccccc2)cc1)NC(=O)CCc1c[nH]c2ccccc12)C(=O)O. The van der Waals surface area contributed by atoms with Gasteiger partial charge in [0, 0.05) is 29.6 Å². The topological polar surface area (TPSA) is 82.2 Å². The number of nitrogens with one attached hydrogen (secondary N) is 2. The number of aliphatic carboxylic acids is 1. The molecule has 1 amide bonds. The first-order valence-corrected chi connectivity index (χ1v) is 11.7. The van der Waals surface area contributed by atoms with Crippen molar-refractivity contribution in [3.8, 4) is 11.1 Å². The molecule has 4 rings (SSSR count). The van der Waals surface area contributed by atoms with Crippen molar-refractivity contribution in [3.63, 3.8) is 0 Å². The molecular weight excluding hydrogens is 424 g/mol. The number of carbonyl (C=O) groups excluding carboxylic acids is 1. The molecule has 0 bridgehead atoms. The molecule has 5 nitrogen and oxygen atoms in total. The second-order valence-corrected chi connectivity index (χ2v) is 8.87. The van der Waals surface area contributed by atoms with Crippen molar-refractivity contribution in [2.45, 2.75) is 38.6 Å². The molecule has 2 atom stereocenters. The number of hydrogen-bond acceptors (Lipinski definition) is 2. The summed E-state index contributed by atoms with van der Waals surface area (Å²) in [6.45, 7) is 1.69. The van der Waals surface area contributed by atoms with Gasteiger partial charge in [0.05, 0.1) is 5.92 Å². The zero-order valence-corrected chi connectivity index (χ0v) is 19.3. The average molecular weight is 455 g/mol. The quantitative estimate of drug-likeness (QED) is 0.291. The van der Waals surface area contributed by atoms with E-state index in [0.717, 1.165) is 33.2 Å². The number of fused-ring (bicyclic) bond motifs is 1. The Morgan fingerprint density at radius 1 is 0.912 bits per heavy atom. The number of aryl methyl sites for hydroxylation is 1. The molecule has 3 N–H and O–H groups in total. The molecule has 1 unspecified atom stereocenters. The molecule has 3 aromatic carbocycles. The molecule has 1 aromatic heterocycles. The van der Waals surface area contributed by atoms with Gasteiger partial charge in [-0.25, -0.2) is 0 Å². The van der Waals surface area contributed by atoms with Crippen molar-refractivity contribution in [1.29, 1.82) is 0 Å². The van der Waals surface area contributed by atoms with Gasteiger partial charge in [0.25, 0.3) is 0 Å². The smallest absolute Gasteiger partial charge is 0.306 e. The van der Waals surface area contributed by atoms with E-state index in [4.69, 9.17) is 0 Å². The van der Waals surface area contributed by atoms with E-state index in [2.05, 4.69) is 52.8 Å². The Balaban J connectivity index is 1.40. The highest BCUT2D eigenvalue weighted by Crippen LogP contribution is 2.21. The second-order valence-electron chi connectivity index (χ2n) is 8.87. The Morgan fingerprint density at radius 3 is 2.32 bits per heavy atom. The van der Waals surface area contributed by atoms with Crippen LogP contribution in [-0.2, 0) is 22.4 Å². The number of carbonyl (C=O) groups is 2. The highest BCUT2D eigenvalue weighted by Gasteiger charge is 2.21. The molecule has 0 radical (unpaired) electrons. The van der Waals surface area contributed by atoms with Crippen molar-refractivity contribution in [2.75, 3.05) is 0 Å². The van der Waals surface area contributed by atoms with Crippen molar-refractivity contribution in [1.82, 2.24) is 10.3 Å². The van der Waals surface area contributed by atoms with Gasteiger partial charge in [-0.1, -0.05) is 79.7 Å². The summed E-state index contributed by atoms with van der Waals surface area (Å²) < 4.78 is 0. The Kier molecular flexibility index (Phi) is 7.43. The number of para-hydroxylation sites is 1. The lowest BCUT2D eigenvalue weighted by Gasteiger charge is -2.21. The minimum Gasteiger partial charge on any atom is -0.481 e. The molecule has 0 aliphatic carbocycles. The van der Waals surface area contributed by atoms with Gasteiger partial charge in [-0.2, -0.15) is 0 Å². The summed E-state index contributed by atoms with van der Waals surface area (Å²) in [5, 5.41) is 13.6. The van der Waals surface area contributed by atoms with Crippen LogP contribution in [0.3, 0.4) is 0 Å². The van der Waals surface area contributed by atoms with Gasteiger partial charge < -0.3 is 15.4 Å². The number of aromatic amines is 1. The number of amides is 1. The monoisotopic (exact) mass is 454 g/mol. The van der Waals surface area contributed by atoms with Gasteiger partial charge >= 0.3 is 5.97 Å². The van der Waals surface area contributed by atoms with Crippen LogP contribution in [0.2, 0.25) is 0 Å². The van der Waals surface area contributed by atoms with Gasteiger partial charge in [-0.15, -0.1) is 0 Å². The van der Waals surface area contributed by atoms with Crippen LogP contribution in [-0.4, -0.2) is 28.0 Å². The number of benzene rings is 3. The molecule has 5 heteroatoms. The largest absolute Gasteiger partial charge is 0.481 e. The Bertz CT molecular complexity index is 1250. The zero-order chi connectivity index (χ0) is 23.9. The standard InChI is InChI=1S/C29H30N2O3/c1-20(29(33)34)17-25(18-21-11-13-23(14-12-21)22-7-3-2-4-8-22)31-28(32)16-15-24-19-30-27-10-6-5-9-26(24)27/h2-14,19-20,25,30H,15-18H2,1H3,(H,31,32)(H,33,34)/t20-,25?/m1/s1. The van der Waals surface area contributed by atoms with Crippen molar-refractivity contribution >= 4 is 22.8 Å². The molecule has 0 aliphatic rings. The second kappa shape index (κ2) is 10.8. The maximum absolute atomic E-state index is 12.8. The molecule has 34 heavy (non-hydrogen) atoms. The lowest BCUT2D eigenvalue weighted by Crippen LogP contribution is -2.38. The minimum absolute atomic E-state index is 0.0613. The van der Waals surface area contributed by atoms with Gasteiger partial charge in [0.1, 0.15) is 0 Å². The third kappa shape index (κ3) is 5.93. The van der Waals surface area contributed by atoms with Gasteiger partial charge in [0.15, 0.2) is 0 Å². The van der Waals surface area contributed by atoms with Gasteiger partial charge in [-0.05, 0) is 47.6 Å². The van der Waals surface area contributed by atoms with Crippen molar-refractivity contribution in [3.05, 3.63) is 96.2 Å². The van der Waals surface area contributed by atoms with Crippen molar-refractivity contribution < 1.29 is 14.7 Å². The van der Waals surface area contributed by atoms with Crippen LogP contribution in [0, 0.1) is 5.92 Å². The first kappa shape index (κ1) is 23.3. The van der Waals surface area contributed by atoms with Crippen LogP contribution in [0.4, 0.5) is 0 Å². The van der Waals surface area contributed by atoms with Gasteiger partial charge in [0.2, 0.25) is 5.91 Å². The van der Waals surface area contributed by atoms with Crippen LogP contribution in [0.15, 0.2) is 85.1 Å². The summed E-state index contributed by atoms with van der Waals surface area (Å²) in [6, 6.07) is 26.2. The lowest BCUT2D eigenvalue weighted by molar-refractivity contribution is -0.141. The average Bonchev–Trinajstić information content (AvgIpc) is 3.27. The van der Waals surface area contributed by atoms with Gasteiger partial charge in [-0.3, -0.25) is 9.59 Å². The number of H-pyrrole nitrogens is 1. The zero-order valence-electron chi connectivity index (χ0n) is 19.3. The minimum atomic E-state index is -0.850.